The molecule has 1 aliphatic carbocycles. The monoisotopic (exact) mass is 391 g/mol. The van der Waals surface area contributed by atoms with Gasteiger partial charge in [-0.2, -0.15) is 0 Å². The van der Waals surface area contributed by atoms with E-state index in [1.54, 1.807) is 31.4 Å². The highest BCUT2D eigenvalue weighted by atomic mass is 16.5. The average Bonchev–Trinajstić information content (AvgIpc) is 3.14. The molecule has 1 aliphatic rings. The van der Waals surface area contributed by atoms with Gasteiger partial charge in [0.25, 0.3) is 5.91 Å². The van der Waals surface area contributed by atoms with Crippen LogP contribution in [-0.2, 0) is 13.1 Å². The van der Waals surface area contributed by atoms with Crippen LogP contribution in [0, 0.1) is 5.92 Å². The molecule has 1 saturated carbocycles. The summed E-state index contributed by atoms with van der Waals surface area (Å²) >= 11 is 0. The molecule has 0 radical (unpaired) electrons. The highest BCUT2D eigenvalue weighted by Gasteiger charge is 2.16. The molecule has 0 atom stereocenters. The van der Waals surface area contributed by atoms with Crippen LogP contribution in [0.1, 0.15) is 54.7 Å². The maximum absolute atomic E-state index is 12.6. The molecule has 1 aromatic heterocycles. The van der Waals surface area contributed by atoms with Crippen molar-refractivity contribution < 1.29 is 9.53 Å². The summed E-state index contributed by atoms with van der Waals surface area (Å²) in [5.74, 6) is 2.38. The largest absolute Gasteiger partial charge is 0.497 e. The number of aromatic nitrogens is 2. The summed E-state index contributed by atoms with van der Waals surface area (Å²) in [6, 6.07) is 15.4. The molecular formula is C24H29N3O2. The van der Waals surface area contributed by atoms with E-state index >= 15 is 0 Å². The third kappa shape index (κ3) is 4.61. The van der Waals surface area contributed by atoms with E-state index in [4.69, 9.17) is 9.72 Å². The predicted molar refractivity (Wildman–Crippen MR) is 115 cm³/mol. The minimum atomic E-state index is -0.0986. The third-order valence-corrected chi connectivity index (χ3v) is 5.98. The van der Waals surface area contributed by atoms with E-state index in [2.05, 4.69) is 22.0 Å². The number of para-hydroxylation sites is 2. The smallest absolute Gasteiger partial charge is 0.251 e. The number of rotatable bonds is 7. The maximum Gasteiger partial charge on any atom is 0.251 e. The summed E-state index contributed by atoms with van der Waals surface area (Å²) in [5, 5.41) is 3.03. The quantitative estimate of drug-likeness (QED) is 0.620. The van der Waals surface area contributed by atoms with Crippen molar-refractivity contribution in [3.8, 4) is 5.75 Å². The molecule has 0 unspecified atom stereocenters. The number of ether oxygens (including phenoxy) is 1. The van der Waals surface area contributed by atoms with Crippen LogP contribution in [0.5, 0.6) is 5.75 Å². The summed E-state index contributed by atoms with van der Waals surface area (Å²) in [5.41, 5.74) is 2.76. The van der Waals surface area contributed by atoms with Gasteiger partial charge in [-0.3, -0.25) is 4.79 Å². The number of hydrogen-bond acceptors (Lipinski definition) is 3. The van der Waals surface area contributed by atoms with Crippen molar-refractivity contribution >= 4 is 16.9 Å². The van der Waals surface area contributed by atoms with Gasteiger partial charge in [0.1, 0.15) is 11.6 Å². The molecule has 0 spiro atoms. The number of nitrogens with one attached hydrogen (secondary N) is 1. The lowest BCUT2D eigenvalue weighted by molar-refractivity contribution is 0.0949. The van der Waals surface area contributed by atoms with Crippen LogP contribution >= 0.6 is 0 Å². The Kier molecular flexibility index (Phi) is 6.13. The van der Waals surface area contributed by atoms with Crippen LogP contribution < -0.4 is 10.1 Å². The van der Waals surface area contributed by atoms with Crippen molar-refractivity contribution in [1.82, 2.24) is 14.9 Å². The SMILES string of the molecule is COc1ccc(C(=O)NCc2nc3ccccc3n2CCC2CCCCC2)cc1. The second-order valence-corrected chi connectivity index (χ2v) is 7.87. The predicted octanol–water partition coefficient (Wildman–Crippen LogP) is 4.95. The van der Waals surface area contributed by atoms with Crippen molar-refractivity contribution in [3.05, 3.63) is 59.9 Å². The van der Waals surface area contributed by atoms with Gasteiger partial charge < -0.3 is 14.6 Å². The molecule has 2 aromatic carbocycles. The molecule has 1 heterocycles. The number of aryl methyl sites for hydroxylation is 1. The Morgan fingerprint density at radius 3 is 2.62 bits per heavy atom. The molecular weight excluding hydrogens is 362 g/mol. The number of carbonyl (C=O) groups is 1. The van der Waals surface area contributed by atoms with Gasteiger partial charge in [0.05, 0.1) is 24.7 Å². The number of imidazole rings is 1. The van der Waals surface area contributed by atoms with Gasteiger partial charge in [-0.25, -0.2) is 4.98 Å². The van der Waals surface area contributed by atoms with E-state index in [1.165, 1.54) is 38.5 Å². The topological polar surface area (TPSA) is 56.1 Å². The first-order valence-corrected chi connectivity index (χ1v) is 10.6. The molecule has 152 valence electrons. The van der Waals surface area contributed by atoms with Crippen molar-refractivity contribution in [3.63, 3.8) is 0 Å². The number of carbonyl (C=O) groups excluding carboxylic acids is 1. The molecule has 0 saturated heterocycles. The first kappa shape index (κ1) is 19.5. The van der Waals surface area contributed by atoms with Crippen LogP contribution in [-0.4, -0.2) is 22.6 Å². The van der Waals surface area contributed by atoms with Crippen molar-refractivity contribution in [2.24, 2.45) is 5.92 Å². The Hall–Kier alpha value is -2.82. The van der Waals surface area contributed by atoms with E-state index in [9.17, 15) is 4.79 Å². The molecule has 4 rings (SSSR count). The highest BCUT2D eigenvalue weighted by Crippen LogP contribution is 2.28. The van der Waals surface area contributed by atoms with Crippen LogP contribution in [0.2, 0.25) is 0 Å². The van der Waals surface area contributed by atoms with Crippen molar-refractivity contribution in [2.45, 2.75) is 51.6 Å². The second kappa shape index (κ2) is 9.12. The normalized spacial score (nSPS) is 14.8. The molecule has 29 heavy (non-hydrogen) atoms. The number of methoxy groups -OCH3 is 1. The fourth-order valence-electron chi connectivity index (χ4n) is 4.30. The average molecular weight is 392 g/mol. The zero-order valence-electron chi connectivity index (χ0n) is 17.1. The lowest BCUT2D eigenvalue weighted by atomic mass is 9.87. The molecule has 0 bridgehead atoms. The van der Waals surface area contributed by atoms with E-state index in [0.717, 1.165) is 35.1 Å². The molecule has 0 aliphatic heterocycles. The van der Waals surface area contributed by atoms with Crippen LogP contribution in [0.15, 0.2) is 48.5 Å². The first-order valence-electron chi connectivity index (χ1n) is 10.6. The number of nitrogens with zero attached hydrogens (tertiary/aromatic N) is 2. The fourth-order valence-corrected chi connectivity index (χ4v) is 4.30. The summed E-state index contributed by atoms with van der Waals surface area (Å²) in [6.07, 6.45) is 7.97. The first-order chi connectivity index (χ1) is 14.2. The van der Waals surface area contributed by atoms with Crippen LogP contribution in [0.25, 0.3) is 11.0 Å². The zero-order chi connectivity index (χ0) is 20.1. The molecule has 1 amide bonds. The third-order valence-electron chi connectivity index (χ3n) is 5.98. The van der Waals surface area contributed by atoms with Gasteiger partial charge in [0.15, 0.2) is 0 Å². The Morgan fingerprint density at radius 1 is 1.10 bits per heavy atom. The summed E-state index contributed by atoms with van der Waals surface area (Å²) in [7, 11) is 1.62. The van der Waals surface area contributed by atoms with E-state index in [0.29, 0.717) is 12.1 Å². The van der Waals surface area contributed by atoms with Crippen molar-refractivity contribution in [2.75, 3.05) is 7.11 Å². The number of benzene rings is 2. The Bertz CT molecular complexity index is 956. The number of hydrogen-bond donors (Lipinski definition) is 1. The second-order valence-electron chi connectivity index (χ2n) is 7.87. The Balaban J connectivity index is 1.47. The van der Waals surface area contributed by atoms with Gasteiger partial charge in [-0.1, -0.05) is 44.2 Å². The molecule has 1 fully saturated rings. The van der Waals surface area contributed by atoms with Crippen LogP contribution in [0.4, 0.5) is 0 Å². The standard InChI is InChI=1S/C24H29N3O2/c1-29-20-13-11-19(12-14-20)24(28)25-17-23-26-21-9-5-6-10-22(21)27(23)16-15-18-7-3-2-4-8-18/h5-6,9-14,18H,2-4,7-8,15-17H2,1H3,(H,25,28). The zero-order valence-corrected chi connectivity index (χ0v) is 17.1. The van der Waals surface area contributed by atoms with Gasteiger partial charge in [-0.05, 0) is 48.7 Å². The molecule has 1 N–H and O–H groups in total. The van der Waals surface area contributed by atoms with Gasteiger partial charge >= 0.3 is 0 Å². The summed E-state index contributed by atoms with van der Waals surface area (Å²) < 4.78 is 7.45. The molecule has 3 aromatic rings. The summed E-state index contributed by atoms with van der Waals surface area (Å²) in [6.45, 7) is 1.38. The van der Waals surface area contributed by atoms with E-state index in [1.807, 2.05) is 12.1 Å². The number of amides is 1. The maximum atomic E-state index is 12.6. The van der Waals surface area contributed by atoms with Gasteiger partial charge in [-0.15, -0.1) is 0 Å². The van der Waals surface area contributed by atoms with E-state index in [-0.39, 0.29) is 5.91 Å². The summed E-state index contributed by atoms with van der Waals surface area (Å²) in [4.78, 5) is 17.4. The Labute approximate surface area is 172 Å². The van der Waals surface area contributed by atoms with Gasteiger partial charge in [0.2, 0.25) is 0 Å². The molecule has 5 nitrogen and oxygen atoms in total. The van der Waals surface area contributed by atoms with Crippen LogP contribution in [0.3, 0.4) is 0 Å². The number of fused-ring (bicyclic) bond motifs is 1. The Morgan fingerprint density at radius 2 is 1.86 bits per heavy atom. The fraction of sp³-hybridized carbons (Fsp3) is 0.417. The molecule has 5 heteroatoms. The lowest BCUT2D eigenvalue weighted by Crippen LogP contribution is -2.25. The van der Waals surface area contributed by atoms with Crippen molar-refractivity contribution in [1.29, 1.82) is 0 Å². The van der Waals surface area contributed by atoms with Gasteiger partial charge in [0, 0.05) is 12.1 Å². The minimum absolute atomic E-state index is 0.0986. The minimum Gasteiger partial charge on any atom is -0.497 e. The highest BCUT2D eigenvalue weighted by molar-refractivity contribution is 5.94. The lowest BCUT2D eigenvalue weighted by Gasteiger charge is -2.22. The van der Waals surface area contributed by atoms with E-state index < -0.39 is 0 Å².